The molecular formula is C58H33N5S. The molecule has 9 aromatic carbocycles. The maximum atomic E-state index is 5.52. The number of benzene rings is 9. The van der Waals surface area contributed by atoms with Crippen molar-refractivity contribution in [3.8, 4) is 45.5 Å². The van der Waals surface area contributed by atoms with E-state index >= 15 is 0 Å². The van der Waals surface area contributed by atoms with Crippen LogP contribution >= 0.6 is 11.3 Å². The molecule has 0 saturated heterocycles. The zero-order chi connectivity index (χ0) is 41.7. The molecule has 0 bridgehead atoms. The SMILES string of the molecule is c1ccc2c(c1)-c1ccccc1C21c2ccccc2-c2cc3c(cc21)c1ccccc1n3-c1nc(-c2ccc3c(c2)sc2ccccc23)nc(-n2c3ccccc3c3ccccc32)n1. The molecule has 64 heavy (non-hydrogen) atoms. The molecule has 1 spiro atoms. The van der Waals surface area contributed by atoms with E-state index in [1.54, 1.807) is 11.3 Å². The Bertz CT molecular complexity index is 4070. The standard InChI is InChI=1S/C58H33N5S/c1-8-22-45-35(15-1)36-16-2-9-23-46(36)58(45)47-24-10-3-17-37(47)43-33-52-44(32-48(43)58)40-20-6-13-27-51(40)63(52)57-60-55(34-29-30-42-41-21-7-14-28-53(41)64-54(42)31-34)59-56(61-57)62-49-25-11-4-18-38(49)39-19-5-12-26-50(39)62/h1-33H. The van der Waals surface area contributed by atoms with Crippen molar-refractivity contribution >= 4 is 75.1 Å². The highest BCUT2D eigenvalue weighted by molar-refractivity contribution is 7.25. The van der Waals surface area contributed by atoms with Gasteiger partial charge in [-0.1, -0.05) is 158 Å². The van der Waals surface area contributed by atoms with Gasteiger partial charge in [-0.2, -0.15) is 15.0 Å². The third-order valence-electron chi connectivity index (χ3n) is 14.0. The fourth-order valence-corrected chi connectivity index (χ4v) is 12.6. The molecule has 4 aromatic heterocycles. The van der Waals surface area contributed by atoms with Gasteiger partial charge < -0.3 is 0 Å². The van der Waals surface area contributed by atoms with Gasteiger partial charge in [0.2, 0.25) is 11.9 Å². The first-order valence-electron chi connectivity index (χ1n) is 21.8. The number of fused-ring (bicyclic) bond motifs is 19. The molecule has 6 heteroatoms. The van der Waals surface area contributed by atoms with Crippen LogP contribution in [0.4, 0.5) is 0 Å². The fourth-order valence-electron chi connectivity index (χ4n) is 11.5. The van der Waals surface area contributed by atoms with Crippen LogP contribution in [0.15, 0.2) is 200 Å². The summed E-state index contributed by atoms with van der Waals surface area (Å²) in [6, 6.07) is 73.0. The molecule has 2 aliphatic rings. The van der Waals surface area contributed by atoms with E-state index in [9.17, 15) is 0 Å². The van der Waals surface area contributed by atoms with Crippen molar-refractivity contribution in [2.75, 3.05) is 0 Å². The van der Waals surface area contributed by atoms with Crippen LogP contribution in [0.1, 0.15) is 22.3 Å². The predicted molar refractivity (Wildman–Crippen MR) is 263 cm³/mol. The molecule has 13 aromatic rings. The number of nitrogens with zero attached hydrogens (tertiary/aromatic N) is 5. The Morgan fingerprint density at radius 1 is 0.328 bits per heavy atom. The third-order valence-corrected chi connectivity index (χ3v) is 15.2. The van der Waals surface area contributed by atoms with Gasteiger partial charge in [-0.25, -0.2) is 0 Å². The molecule has 0 unspecified atom stereocenters. The van der Waals surface area contributed by atoms with Gasteiger partial charge in [0.1, 0.15) is 0 Å². The Balaban J connectivity index is 1.05. The van der Waals surface area contributed by atoms with Gasteiger partial charge in [-0.05, 0) is 87.0 Å². The van der Waals surface area contributed by atoms with Crippen molar-refractivity contribution in [1.29, 1.82) is 0 Å². The topological polar surface area (TPSA) is 48.5 Å². The average molecular weight is 832 g/mol. The van der Waals surface area contributed by atoms with Crippen molar-refractivity contribution in [3.63, 3.8) is 0 Å². The molecular weight excluding hydrogens is 799 g/mol. The number of rotatable bonds is 3. The van der Waals surface area contributed by atoms with E-state index in [1.165, 1.54) is 64.7 Å². The van der Waals surface area contributed by atoms with E-state index in [0.29, 0.717) is 17.7 Å². The molecule has 0 atom stereocenters. The van der Waals surface area contributed by atoms with Crippen molar-refractivity contribution in [3.05, 3.63) is 222 Å². The van der Waals surface area contributed by atoms with E-state index in [1.807, 2.05) is 0 Å². The number of para-hydroxylation sites is 3. The van der Waals surface area contributed by atoms with Crippen LogP contribution in [-0.2, 0) is 5.41 Å². The Hall–Kier alpha value is -8.19. The summed E-state index contributed by atoms with van der Waals surface area (Å²) in [7, 11) is 0. The summed E-state index contributed by atoms with van der Waals surface area (Å²) in [6.45, 7) is 0. The lowest BCUT2D eigenvalue weighted by Gasteiger charge is -2.30. The van der Waals surface area contributed by atoms with Crippen LogP contribution in [0, 0.1) is 0 Å². The van der Waals surface area contributed by atoms with Crippen LogP contribution in [0.25, 0.3) is 109 Å². The van der Waals surface area contributed by atoms with Gasteiger partial charge in [0.15, 0.2) is 5.82 Å². The van der Waals surface area contributed by atoms with Crippen molar-refractivity contribution in [1.82, 2.24) is 24.1 Å². The highest BCUT2D eigenvalue weighted by Crippen LogP contribution is 2.63. The maximum absolute atomic E-state index is 5.52. The zero-order valence-electron chi connectivity index (χ0n) is 34.2. The van der Waals surface area contributed by atoms with Crippen molar-refractivity contribution in [2.45, 2.75) is 5.41 Å². The van der Waals surface area contributed by atoms with Crippen LogP contribution in [0.5, 0.6) is 0 Å². The quantitative estimate of drug-likeness (QED) is 0.178. The third kappa shape index (κ3) is 4.35. The maximum Gasteiger partial charge on any atom is 0.240 e. The minimum absolute atomic E-state index is 0.453. The van der Waals surface area contributed by atoms with E-state index in [4.69, 9.17) is 15.0 Å². The lowest BCUT2D eigenvalue weighted by atomic mass is 9.70. The van der Waals surface area contributed by atoms with Gasteiger partial charge in [0.05, 0.1) is 27.5 Å². The summed E-state index contributed by atoms with van der Waals surface area (Å²) in [4.78, 5) is 16.4. The Kier molecular flexibility index (Phi) is 6.70. The molecule has 0 saturated carbocycles. The smallest absolute Gasteiger partial charge is 0.240 e. The van der Waals surface area contributed by atoms with Crippen molar-refractivity contribution < 1.29 is 0 Å². The van der Waals surface area contributed by atoms with Crippen LogP contribution in [0.2, 0.25) is 0 Å². The molecule has 15 rings (SSSR count). The number of hydrogen-bond acceptors (Lipinski definition) is 4. The lowest BCUT2D eigenvalue weighted by Crippen LogP contribution is -2.25. The minimum atomic E-state index is -0.453. The van der Waals surface area contributed by atoms with E-state index in [0.717, 1.165) is 49.2 Å². The number of thiophene rings is 1. The molecule has 0 fully saturated rings. The summed E-state index contributed by atoms with van der Waals surface area (Å²) >= 11 is 1.81. The van der Waals surface area contributed by atoms with Crippen LogP contribution < -0.4 is 0 Å². The van der Waals surface area contributed by atoms with E-state index in [-0.39, 0.29) is 0 Å². The average Bonchev–Trinajstić information content (AvgIpc) is 4.14. The van der Waals surface area contributed by atoms with Gasteiger partial charge in [-0.15, -0.1) is 11.3 Å². The highest BCUT2D eigenvalue weighted by atomic mass is 32.1. The predicted octanol–water partition coefficient (Wildman–Crippen LogP) is 14.4. The van der Waals surface area contributed by atoms with Gasteiger partial charge in [0, 0.05) is 47.3 Å². The Labute approximate surface area is 370 Å². The monoisotopic (exact) mass is 831 g/mol. The lowest BCUT2D eigenvalue weighted by molar-refractivity contribution is 0.795. The first kappa shape index (κ1) is 34.4. The minimum Gasteiger partial charge on any atom is -0.278 e. The fraction of sp³-hybridized carbons (Fsp3) is 0.0172. The second kappa shape index (κ2) is 12.5. The molecule has 0 N–H and O–H groups in total. The number of hydrogen-bond donors (Lipinski definition) is 0. The molecule has 0 aliphatic heterocycles. The zero-order valence-corrected chi connectivity index (χ0v) is 35.0. The molecule has 0 radical (unpaired) electrons. The summed E-state index contributed by atoms with van der Waals surface area (Å²) in [6.07, 6.45) is 0. The molecule has 296 valence electrons. The van der Waals surface area contributed by atoms with Gasteiger partial charge >= 0.3 is 0 Å². The first-order chi connectivity index (χ1) is 31.7. The molecule has 0 amide bonds. The number of aromatic nitrogens is 5. The van der Waals surface area contributed by atoms with Crippen LogP contribution in [0.3, 0.4) is 0 Å². The van der Waals surface area contributed by atoms with Gasteiger partial charge in [0.25, 0.3) is 0 Å². The Morgan fingerprint density at radius 3 is 1.41 bits per heavy atom. The van der Waals surface area contributed by atoms with E-state index in [2.05, 4.69) is 209 Å². The Morgan fingerprint density at radius 2 is 0.797 bits per heavy atom. The van der Waals surface area contributed by atoms with Gasteiger partial charge in [-0.3, -0.25) is 9.13 Å². The second-order valence-corrected chi connectivity index (χ2v) is 18.2. The summed E-state index contributed by atoms with van der Waals surface area (Å²) in [5, 5.41) is 7.13. The highest BCUT2D eigenvalue weighted by Gasteiger charge is 2.51. The molecule has 4 heterocycles. The van der Waals surface area contributed by atoms with Crippen molar-refractivity contribution in [2.24, 2.45) is 0 Å². The largest absolute Gasteiger partial charge is 0.278 e. The summed E-state index contributed by atoms with van der Waals surface area (Å²) in [5.41, 5.74) is 15.0. The molecule has 5 nitrogen and oxygen atoms in total. The summed E-state index contributed by atoms with van der Waals surface area (Å²) < 4.78 is 6.95. The molecule has 2 aliphatic carbocycles. The normalized spacial score (nSPS) is 13.4. The van der Waals surface area contributed by atoms with E-state index < -0.39 is 5.41 Å². The first-order valence-corrected chi connectivity index (χ1v) is 22.6. The second-order valence-electron chi connectivity index (χ2n) is 17.1. The summed E-state index contributed by atoms with van der Waals surface area (Å²) in [5.74, 6) is 1.77. The van der Waals surface area contributed by atoms with Crippen LogP contribution in [-0.4, -0.2) is 24.1 Å².